The smallest absolute Gasteiger partial charge is 0.207 e. The number of nitrogens with zero attached hydrogens (tertiary/aromatic N) is 1. The first-order valence-electron chi connectivity index (χ1n) is 17.5. The van der Waals surface area contributed by atoms with Crippen LogP contribution in [0.25, 0.3) is 55.9 Å². The van der Waals surface area contributed by atoms with Gasteiger partial charge >= 0.3 is 0 Å². The Labute approximate surface area is 303 Å². The zero-order valence-corrected chi connectivity index (χ0v) is 28.9. The van der Waals surface area contributed by atoms with E-state index in [0.717, 1.165) is 78.1 Å². The van der Waals surface area contributed by atoms with Gasteiger partial charge in [-0.15, -0.1) is 0 Å². The Kier molecular flexibility index (Phi) is 6.79. The van der Waals surface area contributed by atoms with Gasteiger partial charge in [0.2, 0.25) is 9.84 Å². The first-order valence-corrected chi connectivity index (χ1v) is 18.9. The number of rotatable bonds is 4. The molecule has 246 valence electrons. The molecule has 0 radical (unpaired) electrons. The highest BCUT2D eigenvalue weighted by Gasteiger charge is 2.53. The molecule has 2 heterocycles. The van der Waals surface area contributed by atoms with E-state index >= 15 is 0 Å². The topological polar surface area (TPSA) is 47.0 Å². The van der Waals surface area contributed by atoms with Crippen LogP contribution in [-0.4, -0.2) is 13.4 Å². The number of aromatic nitrogens is 1. The largest absolute Gasteiger partial charge is 0.248 e. The van der Waals surface area contributed by atoms with E-state index in [1.54, 1.807) is 12.1 Å². The summed E-state index contributed by atoms with van der Waals surface area (Å²) in [5, 5.41) is 0. The van der Waals surface area contributed by atoms with Crippen molar-refractivity contribution in [3.8, 4) is 55.9 Å². The molecule has 3 nitrogen and oxygen atoms in total. The van der Waals surface area contributed by atoms with E-state index in [-0.39, 0.29) is 0 Å². The second kappa shape index (κ2) is 11.6. The third-order valence-electron chi connectivity index (χ3n) is 10.7. The molecule has 1 spiro atoms. The van der Waals surface area contributed by atoms with E-state index in [0.29, 0.717) is 9.79 Å². The Bertz CT molecular complexity index is 2750. The fourth-order valence-electron chi connectivity index (χ4n) is 8.51. The maximum absolute atomic E-state index is 14.2. The van der Waals surface area contributed by atoms with Gasteiger partial charge in [-0.2, -0.15) is 0 Å². The van der Waals surface area contributed by atoms with E-state index in [1.807, 2.05) is 48.5 Å². The van der Waals surface area contributed by atoms with Crippen LogP contribution in [0.4, 0.5) is 0 Å². The average Bonchev–Trinajstić information content (AvgIpc) is 3.52. The lowest BCUT2D eigenvalue weighted by Crippen LogP contribution is -2.35. The fraction of sp³-hybridized carbons (Fsp3) is 0.0208. The molecule has 0 amide bonds. The molecule has 4 heteroatoms. The third-order valence-corrected chi connectivity index (χ3v) is 12.6. The van der Waals surface area contributed by atoms with Crippen LogP contribution in [0, 0.1) is 0 Å². The van der Waals surface area contributed by atoms with Crippen LogP contribution in [0.2, 0.25) is 0 Å². The summed E-state index contributed by atoms with van der Waals surface area (Å²) in [6, 6.07) is 63.8. The van der Waals surface area contributed by atoms with Gasteiger partial charge in [0.05, 0.1) is 26.6 Å². The molecule has 2 aliphatic rings. The molecule has 1 aliphatic heterocycles. The Balaban J connectivity index is 1.26. The van der Waals surface area contributed by atoms with Crippen LogP contribution in [0.5, 0.6) is 0 Å². The maximum atomic E-state index is 14.2. The maximum Gasteiger partial charge on any atom is 0.207 e. The van der Waals surface area contributed by atoms with Crippen molar-refractivity contribution in [2.45, 2.75) is 15.2 Å². The molecular formula is C48H31NO2S. The summed E-state index contributed by atoms with van der Waals surface area (Å²) >= 11 is 0. The van der Waals surface area contributed by atoms with Gasteiger partial charge in [0.1, 0.15) is 0 Å². The van der Waals surface area contributed by atoms with Gasteiger partial charge in [-0.05, 0) is 86.0 Å². The molecule has 52 heavy (non-hydrogen) atoms. The summed E-state index contributed by atoms with van der Waals surface area (Å²) in [5.74, 6) is 0. The number of benzene rings is 7. The summed E-state index contributed by atoms with van der Waals surface area (Å²) in [5.41, 5.74) is 13.3. The Morgan fingerprint density at radius 3 is 1.54 bits per heavy atom. The Morgan fingerprint density at radius 2 is 0.846 bits per heavy atom. The Hall–Kier alpha value is -6.36. The minimum absolute atomic E-state index is 0.353. The summed E-state index contributed by atoms with van der Waals surface area (Å²) in [6.07, 6.45) is 0. The van der Waals surface area contributed by atoms with E-state index in [1.165, 1.54) is 0 Å². The zero-order valence-electron chi connectivity index (χ0n) is 28.1. The average molecular weight is 686 g/mol. The van der Waals surface area contributed by atoms with Crippen molar-refractivity contribution in [2.24, 2.45) is 0 Å². The molecule has 7 aromatic carbocycles. The molecule has 1 aliphatic carbocycles. The number of sulfone groups is 1. The first-order chi connectivity index (χ1) is 25.5. The number of hydrogen-bond acceptors (Lipinski definition) is 3. The van der Waals surface area contributed by atoms with Crippen molar-refractivity contribution in [3.63, 3.8) is 0 Å². The number of pyridine rings is 1. The van der Waals surface area contributed by atoms with Crippen LogP contribution in [0.15, 0.2) is 198 Å². The van der Waals surface area contributed by atoms with Crippen molar-refractivity contribution < 1.29 is 8.42 Å². The van der Waals surface area contributed by atoms with E-state index in [2.05, 4.69) is 127 Å². The number of fused-ring (bicyclic) bond motifs is 9. The molecule has 0 saturated carbocycles. The van der Waals surface area contributed by atoms with Crippen molar-refractivity contribution in [3.05, 3.63) is 210 Å². The SMILES string of the molecule is O=S1(=O)c2ccccc2C2(c3ccccc3-c3c(-c4cc(-c5ccccc5)cc(-c5cccc(-c6ccccc6)c5)n4)cccc32)c2ccccc21. The van der Waals surface area contributed by atoms with Gasteiger partial charge in [0.15, 0.2) is 0 Å². The quantitative estimate of drug-likeness (QED) is 0.185. The van der Waals surface area contributed by atoms with Crippen LogP contribution in [0.3, 0.4) is 0 Å². The molecular weight excluding hydrogens is 655 g/mol. The van der Waals surface area contributed by atoms with E-state index in [4.69, 9.17) is 4.98 Å². The minimum Gasteiger partial charge on any atom is -0.248 e. The standard InChI is InChI=1S/C48H31NO2S/c50-52(51)45-27-11-9-24-40(45)48(41-25-10-12-28-46(41)52)39-23-8-7-21-37(39)47-38(22-14-26-42(47)48)44-31-36(33-17-5-2-6-18-33)30-43(49-44)35-20-13-19-34(29-35)32-15-3-1-4-16-32/h1-31H. The molecule has 0 fully saturated rings. The van der Waals surface area contributed by atoms with Crippen molar-refractivity contribution in [2.75, 3.05) is 0 Å². The second-order valence-electron chi connectivity index (χ2n) is 13.5. The Morgan fingerprint density at radius 1 is 0.365 bits per heavy atom. The lowest BCUT2D eigenvalue weighted by Gasteiger charge is -2.39. The lowest BCUT2D eigenvalue weighted by molar-refractivity contribution is 0.580. The normalized spacial score (nSPS) is 14.2. The first kappa shape index (κ1) is 30.5. The molecule has 0 bridgehead atoms. The van der Waals surface area contributed by atoms with Gasteiger partial charge in [-0.1, -0.05) is 158 Å². The molecule has 0 unspecified atom stereocenters. The molecule has 1 aromatic heterocycles. The molecule has 10 rings (SSSR count). The summed E-state index contributed by atoms with van der Waals surface area (Å²) in [6.45, 7) is 0. The molecule has 8 aromatic rings. The predicted molar refractivity (Wildman–Crippen MR) is 209 cm³/mol. The highest BCUT2D eigenvalue weighted by atomic mass is 32.2. The van der Waals surface area contributed by atoms with Crippen molar-refractivity contribution in [1.29, 1.82) is 0 Å². The molecule has 0 saturated heterocycles. The molecule has 0 atom stereocenters. The highest BCUT2D eigenvalue weighted by Crippen LogP contribution is 2.62. The van der Waals surface area contributed by atoms with Crippen LogP contribution in [0.1, 0.15) is 22.3 Å². The van der Waals surface area contributed by atoms with Crippen molar-refractivity contribution in [1.82, 2.24) is 4.98 Å². The van der Waals surface area contributed by atoms with Gasteiger partial charge < -0.3 is 0 Å². The number of hydrogen-bond donors (Lipinski definition) is 0. The van der Waals surface area contributed by atoms with Crippen LogP contribution >= 0.6 is 0 Å². The minimum atomic E-state index is -3.74. The van der Waals surface area contributed by atoms with Gasteiger partial charge in [0, 0.05) is 11.1 Å². The third kappa shape index (κ3) is 4.38. The van der Waals surface area contributed by atoms with Gasteiger partial charge in [0.25, 0.3) is 0 Å². The van der Waals surface area contributed by atoms with E-state index in [9.17, 15) is 8.42 Å². The van der Waals surface area contributed by atoms with Gasteiger partial charge in [-0.3, -0.25) is 0 Å². The summed E-state index contributed by atoms with van der Waals surface area (Å²) in [7, 11) is -3.74. The predicted octanol–water partition coefficient (Wildman–Crippen LogP) is 11.3. The zero-order chi connectivity index (χ0) is 34.9. The van der Waals surface area contributed by atoms with Gasteiger partial charge in [-0.25, -0.2) is 13.4 Å². The fourth-order valence-corrected chi connectivity index (χ4v) is 10.3. The summed E-state index contributed by atoms with van der Waals surface area (Å²) in [4.78, 5) is 6.14. The van der Waals surface area contributed by atoms with E-state index < -0.39 is 15.3 Å². The monoisotopic (exact) mass is 685 g/mol. The highest BCUT2D eigenvalue weighted by molar-refractivity contribution is 7.91. The summed E-state index contributed by atoms with van der Waals surface area (Å²) < 4.78 is 28.4. The molecule has 0 N–H and O–H groups in total. The lowest BCUT2D eigenvalue weighted by atomic mass is 9.67. The van der Waals surface area contributed by atoms with Crippen LogP contribution < -0.4 is 0 Å². The van der Waals surface area contributed by atoms with Crippen LogP contribution in [-0.2, 0) is 15.3 Å². The second-order valence-corrected chi connectivity index (χ2v) is 15.3. The van der Waals surface area contributed by atoms with Crippen molar-refractivity contribution >= 4 is 9.84 Å².